The molecule has 0 bridgehead atoms. The molecule has 0 radical (unpaired) electrons. The Bertz CT molecular complexity index is 953. The van der Waals surface area contributed by atoms with Gasteiger partial charge >= 0.3 is 6.18 Å². The van der Waals surface area contributed by atoms with E-state index in [0.29, 0.717) is 13.0 Å². The van der Waals surface area contributed by atoms with Gasteiger partial charge in [0.25, 0.3) is 5.91 Å². The van der Waals surface area contributed by atoms with Gasteiger partial charge in [0.2, 0.25) is 10.0 Å². The maximum Gasteiger partial charge on any atom is 0.416 e. The van der Waals surface area contributed by atoms with E-state index in [-0.39, 0.29) is 29.7 Å². The van der Waals surface area contributed by atoms with Crippen LogP contribution in [0.1, 0.15) is 22.5 Å². The lowest BCUT2D eigenvalue weighted by molar-refractivity contribution is -0.137. The fraction of sp³-hybridized carbons (Fsp3) is 0.353. The molecule has 2 aromatic rings. The lowest BCUT2D eigenvalue weighted by Gasteiger charge is -2.15. The quantitative estimate of drug-likeness (QED) is 0.853. The fourth-order valence-corrected chi connectivity index (χ4v) is 3.75. The summed E-state index contributed by atoms with van der Waals surface area (Å²) in [6.45, 7) is 0.553. The molecule has 1 amide bonds. The number of likely N-dealkylation sites (tertiary alicyclic amines) is 1. The molecule has 1 unspecified atom stereocenters. The Morgan fingerprint density at radius 1 is 1.26 bits per heavy atom. The molecule has 27 heavy (non-hydrogen) atoms. The molecular weight excluding hydrogens is 385 g/mol. The van der Waals surface area contributed by atoms with Crippen LogP contribution in [0.4, 0.5) is 13.2 Å². The van der Waals surface area contributed by atoms with Crippen LogP contribution in [0.5, 0.6) is 0 Å². The summed E-state index contributed by atoms with van der Waals surface area (Å²) in [6, 6.07) is 7.10. The summed E-state index contributed by atoms with van der Waals surface area (Å²) in [5.41, 5.74) is -0.597. The van der Waals surface area contributed by atoms with Gasteiger partial charge in [-0.2, -0.15) is 13.2 Å². The van der Waals surface area contributed by atoms with Crippen LogP contribution in [0.2, 0.25) is 0 Å². The minimum atomic E-state index is -4.47. The average molecular weight is 402 g/mol. The molecule has 1 aliphatic rings. The van der Waals surface area contributed by atoms with E-state index in [4.69, 9.17) is 4.42 Å². The number of furan rings is 1. The molecule has 1 aromatic heterocycles. The molecule has 1 aromatic carbocycles. The maximum atomic E-state index is 12.8. The predicted octanol–water partition coefficient (Wildman–Crippen LogP) is 2.73. The largest absolute Gasteiger partial charge is 0.451 e. The Kier molecular flexibility index (Phi) is 5.04. The number of carbonyl (C=O) groups excluding carboxylic acids is 1. The van der Waals surface area contributed by atoms with E-state index in [2.05, 4.69) is 4.72 Å². The summed E-state index contributed by atoms with van der Waals surface area (Å²) < 4.78 is 69.0. The third-order valence-corrected chi connectivity index (χ3v) is 4.91. The Morgan fingerprint density at radius 3 is 2.67 bits per heavy atom. The van der Waals surface area contributed by atoms with Crippen LogP contribution in [-0.2, 0) is 16.2 Å². The van der Waals surface area contributed by atoms with E-state index >= 15 is 0 Å². The SMILES string of the molecule is CS(=O)(=O)NC1CCN(C(=O)c2ccc(-c3cccc(C(F)(F)F)c3)o2)C1. The number of alkyl halides is 3. The molecule has 1 atom stereocenters. The number of hydrogen-bond acceptors (Lipinski definition) is 4. The van der Waals surface area contributed by atoms with E-state index in [1.807, 2.05) is 0 Å². The van der Waals surface area contributed by atoms with Crippen LogP contribution in [0.3, 0.4) is 0 Å². The average Bonchev–Trinajstić information content (AvgIpc) is 3.21. The lowest BCUT2D eigenvalue weighted by atomic mass is 10.1. The summed E-state index contributed by atoms with van der Waals surface area (Å²) in [7, 11) is -3.37. The normalized spacial score (nSPS) is 18.1. The van der Waals surface area contributed by atoms with E-state index in [0.717, 1.165) is 18.4 Å². The zero-order valence-corrected chi connectivity index (χ0v) is 15.1. The molecule has 146 valence electrons. The number of nitrogens with zero attached hydrogens (tertiary/aromatic N) is 1. The minimum Gasteiger partial charge on any atom is -0.451 e. The molecule has 1 saturated heterocycles. The van der Waals surface area contributed by atoms with Crippen LogP contribution in [0.25, 0.3) is 11.3 Å². The van der Waals surface area contributed by atoms with Crippen LogP contribution >= 0.6 is 0 Å². The zero-order chi connectivity index (χ0) is 19.8. The highest BCUT2D eigenvalue weighted by atomic mass is 32.2. The minimum absolute atomic E-state index is 0.0117. The van der Waals surface area contributed by atoms with Crippen molar-refractivity contribution in [2.75, 3.05) is 19.3 Å². The van der Waals surface area contributed by atoms with Crippen molar-refractivity contribution < 1.29 is 30.8 Å². The first-order valence-electron chi connectivity index (χ1n) is 8.07. The van der Waals surface area contributed by atoms with Crippen LogP contribution in [0.15, 0.2) is 40.8 Å². The highest BCUT2D eigenvalue weighted by molar-refractivity contribution is 7.88. The van der Waals surface area contributed by atoms with E-state index in [1.165, 1.54) is 29.2 Å². The Hall–Kier alpha value is -2.33. The van der Waals surface area contributed by atoms with Crippen molar-refractivity contribution in [1.29, 1.82) is 0 Å². The number of sulfonamides is 1. The van der Waals surface area contributed by atoms with Crippen molar-refractivity contribution in [2.24, 2.45) is 0 Å². The van der Waals surface area contributed by atoms with E-state index in [9.17, 15) is 26.4 Å². The van der Waals surface area contributed by atoms with Gasteiger partial charge in [-0.05, 0) is 30.7 Å². The van der Waals surface area contributed by atoms with Gasteiger partial charge < -0.3 is 9.32 Å². The molecule has 0 spiro atoms. The van der Waals surface area contributed by atoms with Gasteiger partial charge in [0.15, 0.2) is 5.76 Å². The molecule has 1 aliphatic heterocycles. The second-order valence-electron chi connectivity index (χ2n) is 6.37. The Morgan fingerprint density at radius 2 is 2.00 bits per heavy atom. The maximum absolute atomic E-state index is 12.8. The Balaban J connectivity index is 1.74. The van der Waals surface area contributed by atoms with Crippen molar-refractivity contribution in [2.45, 2.75) is 18.6 Å². The summed E-state index contributed by atoms with van der Waals surface area (Å²) in [6.07, 6.45) is -2.95. The molecule has 2 heterocycles. The molecule has 10 heteroatoms. The number of carbonyl (C=O) groups is 1. The van der Waals surface area contributed by atoms with Gasteiger partial charge in [-0.1, -0.05) is 12.1 Å². The molecule has 3 rings (SSSR count). The number of amides is 1. The number of hydrogen-bond donors (Lipinski definition) is 1. The van der Waals surface area contributed by atoms with Crippen LogP contribution in [-0.4, -0.2) is 44.6 Å². The van der Waals surface area contributed by atoms with Crippen molar-refractivity contribution in [1.82, 2.24) is 9.62 Å². The highest BCUT2D eigenvalue weighted by Gasteiger charge is 2.32. The molecule has 1 N–H and O–H groups in total. The van der Waals surface area contributed by atoms with Gasteiger partial charge in [-0.15, -0.1) is 0 Å². The third kappa shape index (κ3) is 4.69. The first kappa shape index (κ1) is 19.4. The first-order chi connectivity index (χ1) is 12.5. The second-order valence-corrected chi connectivity index (χ2v) is 8.15. The molecular formula is C17H17F3N2O4S. The van der Waals surface area contributed by atoms with E-state index < -0.39 is 27.7 Å². The Labute approximate surface area is 154 Å². The number of rotatable bonds is 4. The zero-order valence-electron chi connectivity index (χ0n) is 14.3. The summed E-state index contributed by atoms with van der Waals surface area (Å²) in [5.74, 6) is -0.303. The number of nitrogens with one attached hydrogen (secondary N) is 1. The summed E-state index contributed by atoms with van der Waals surface area (Å²) in [5, 5.41) is 0. The van der Waals surface area contributed by atoms with Gasteiger partial charge in [-0.25, -0.2) is 13.1 Å². The first-order valence-corrected chi connectivity index (χ1v) is 9.96. The summed E-state index contributed by atoms with van der Waals surface area (Å²) in [4.78, 5) is 13.9. The van der Waals surface area contributed by atoms with Crippen LogP contribution in [0, 0.1) is 0 Å². The molecule has 0 aliphatic carbocycles. The monoisotopic (exact) mass is 402 g/mol. The van der Waals surface area contributed by atoms with Crippen molar-refractivity contribution in [3.8, 4) is 11.3 Å². The fourth-order valence-electron chi connectivity index (χ4n) is 2.96. The van der Waals surface area contributed by atoms with Crippen LogP contribution < -0.4 is 4.72 Å². The number of benzene rings is 1. The van der Waals surface area contributed by atoms with Crippen molar-refractivity contribution in [3.05, 3.63) is 47.7 Å². The highest BCUT2D eigenvalue weighted by Crippen LogP contribution is 2.32. The molecule has 0 saturated carbocycles. The van der Waals surface area contributed by atoms with Gasteiger partial charge in [0.1, 0.15) is 5.76 Å². The second kappa shape index (κ2) is 7.01. The van der Waals surface area contributed by atoms with Crippen molar-refractivity contribution in [3.63, 3.8) is 0 Å². The lowest BCUT2D eigenvalue weighted by Crippen LogP contribution is -2.37. The summed E-state index contributed by atoms with van der Waals surface area (Å²) >= 11 is 0. The molecule has 6 nitrogen and oxygen atoms in total. The third-order valence-electron chi connectivity index (χ3n) is 4.15. The molecule has 1 fully saturated rings. The predicted molar refractivity (Wildman–Crippen MR) is 91.4 cm³/mol. The standard InChI is InChI=1S/C17H17F3N2O4S/c1-27(24,25)21-13-7-8-22(10-13)16(23)15-6-5-14(26-15)11-3-2-4-12(9-11)17(18,19)20/h2-6,9,13,21H,7-8,10H2,1H3. The van der Waals surface area contributed by atoms with Gasteiger partial charge in [0, 0.05) is 24.7 Å². The van der Waals surface area contributed by atoms with Gasteiger partial charge in [0.05, 0.1) is 11.8 Å². The number of halogens is 3. The van der Waals surface area contributed by atoms with Gasteiger partial charge in [-0.3, -0.25) is 4.79 Å². The van der Waals surface area contributed by atoms with E-state index in [1.54, 1.807) is 0 Å². The van der Waals surface area contributed by atoms with Crippen molar-refractivity contribution >= 4 is 15.9 Å². The smallest absolute Gasteiger partial charge is 0.416 e. The topological polar surface area (TPSA) is 79.6 Å².